The van der Waals surface area contributed by atoms with Gasteiger partial charge in [0.25, 0.3) is 0 Å². The van der Waals surface area contributed by atoms with Crippen LogP contribution in [0, 0.1) is 0 Å². The lowest BCUT2D eigenvalue weighted by atomic mass is 10.1. The Labute approximate surface area is 110 Å². The van der Waals surface area contributed by atoms with Gasteiger partial charge in [0.05, 0.1) is 11.4 Å². The standard InChI is InChI=1S/C16H11N3/c1-2-6-13-11(5-1)12-8-9-15(19-16(12)18-13)14-7-3-4-10-17-14/h1-10H,(H,18,19). The number of aromatic amines is 1. The summed E-state index contributed by atoms with van der Waals surface area (Å²) in [6.07, 6.45) is 1.78. The number of para-hydroxylation sites is 1. The summed E-state index contributed by atoms with van der Waals surface area (Å²) >= 11 is 0. The van der Waals surface area contributed by atoms with Crippen LogP contribution in [0.3, 0.4) is 0 Å². The first-order chi connectivity index (χ1) is 9.42. The second-order valence-electron chi connectivity index (χ2n) is 4.48. The van der Waals surface area contributed by atoms with Crippen molar-refractivity contribution in [3.63, 3.8) is 0 Å². The van der Waals surface area contributed by atoms with Gasteiger partial charge < -0.3 is 4.98 Å². The van der Waals surface area contributed by atoms with Crippen molar-refractivity contribution >= 4 is 21.9 Å². The lowest BCUT2D eigenvalue weighted by Crippen LogP contribution is -1.86. The topological polar surface area (TPSA) is 41.6 Å². The highest BCUT2D eigenvalue weighted by molar-refractivity contribution is 6.06. The molecule has 0 atom stereocenters. The SMILES string of the molecule is c1ccc(-c2ccc3c(n2)[nH]c2ccccc23)nc1. The van der Waals surface area contributed by atoms with E-state index < -0.39 is 0 Å². The number of H-pyrrole nitrogens is 1. The minimum Gasteiger partial charge on any atom is -0.339 e. The minimum atomic E-state index is 0.889. The van der Waals surface area contributed by atoms with Gasteiger partial charge in [-0.1, -0.05) is 24.3 Å². The lowest BCUT2D eigenvalue weighted by molar-refractivity contribution is 1.26. The molecule has 19 heavy (non-hydrogen) atoms. The van der Waals surface area contributed by atoms with E-state index in [1.54, 1.807) is 6.20 Å². The van der Waals surface area contributed by atoms with Crippen molar-refractivity contribution in [1.29, 1.82) is 0 Å². The molecule has 0 bridgehead atoms. The van der Waals surface area contributed by atoms with Gasteiger partial charge in [0, 0.05) is 22.5 Å². The molecule has 3 aromatic heterocycles. The van der Waals surface area contributed by atoms with Crippen LogP contribution in [0.25, 0.3) is 33.3 Å². The summed E-state index contributed by atoms with van der Waals surface area (Å²) in [5.74, 6) is 0. The van der Waals surface area contributed by atoms with Crippen LogP contribution < -0.4 is 0 Å². The van der Waals surface area contributed by atoms with E-state index in [-0.39, 0.29) is 0 Å². The number of nitrogens with one attached hydrogen (secondary N) is 1. The van der Waals surface area contributed by atoms with E-state index in [1.165, 1.54) is 5.39 Å². The summed E-state index contributed by atoms with van der Waals surface area (Å²) in [5.41, 5.74) is 3.80. The molecule has 0 aliphatic carbocycles. The third-order valence-corrected chi connectivity index (χ3v) is 3.29. The molecule has 3 heteroatoms. The Hall–Kier alpha value is -2.68. The Kier molecular flexibility index (Phi) is 2.12. The largest absolute Gasteiger partial charge is 0.339 e. The fourth-order valence-corrected chi connectivity index (χ4v) is 2.38. The molecule has 0 radical (unpaired) electrons. The van der Waals surface area contributed by atoms with Crippen LogP contribution in [-0.4, -0.2) is 15.0 Å². The first-order valence-electron chi connectivity index (χ1n) is 6.21. The van der Waals surface area contributed by atoms with Gasteiger partial charge in [-0.05, 0) is 30.3 Å². The molecule has 90 valence electrons. The monoisotopic (exact) mass is 245 g/mol. The van der Waals surface area contributed by atoms with Crippen molar-refractivity contribution in [2.24, 2.45) is 0 Å². The summed E-state index contributed by atoms with van der Waals surface area (Å²) in [5, 5.41) is 2.35. The Morgan fingerprint density at radius 3 is 2.53 bits per heavy atom. The van der Waals surface area contributed by atoms with Crippen molar-refractivity contribution in [3.05, 3.63) is 60.8 Å². The van der Waals surface area contributed by atoms with E-state index in [9.17, 15) is 0 Å². The van der Waals surface area contributed by atoms with E-state index in [2.05, 4.69) is 33.2 Å². The Morgan fingerprint density at radius 2 is 1.63 bits per heavy atom. The number of aromatic nitrogens is 3. The average Bonchev–Trinajstić information content (AvgIpc) is 2.86. The van der Waals surface area contributed by atoms with Crippen LogP contribution in [0.4, 0.5) is 0 Å². The van der Waals surface area contributed by atoms with Crippen molar-refractivity contribution in [2.45, 2.75) is 0 Å². The van der Waals surface area contributed by atoms with Gasteiger partial charge in [0.2, 0.25) is 0 Å². The second-order valence-corrected chi connectivity index (χ2v) is 4.48. The van der Waals surface area contributed by atoms with Crippen LogP contribution in [0.2, 0.25) is 0 Å². The van der Waals surface area contributed by atoms with E-state index in [4.69, 9.17) is 0 Å². The highest BCUT2D eigenvalue weighted by Gasteiger charge is 2.07. The van der Waals surface area contributed by atoms with Gasteiger partial charge in [-0.2, -0.15) is 0 Å². The maximum Gasteiger partial charge on any atom is 0.139 e. The van der Waals surface area contributed by atoms with Gasteiger partial charge in [0.15, 0.2) is 0 Å². The molecule has 0 aliphatic heterocycles. The fraction of sp³-hybridized carbons (Fsp3) is 0. The molecule has 0 saturated carbocycles. The first-order valence-corrected chi connectivity index (χ1v) is 6.21. The number of benzene rings is 1. The summed E-state index contributed by atoms with van der Waals surface area (Å²) in [7, 11) is 0. The maximum atomic E-state index is 4.66. The van der Waals surface area contributed by atoms with Crippen LogP contribution in [0.5, 0.6) is 0 Å². The van der Waals surface area contributed by atoms with Crippen LogP contribution in [0.1, 0.15) is 0 Å². The molecule has 1 N–H and O–H groups in total. The van der Waals surface area contributed by atoms with Crippen molar-refractivity contribution < 1.29 is 0 Å². The lowest BCUT2D eigenvalue weighted by Gasteiger charge is -1.99. The molecule has 4 aromatic rings. The quantitative estimate of drug-likeness (QED) is 0.554. The van der Waals surface area contributed by atoms with E-state index in [0.29, 0.717) is 0 Å². The minimum absolute atomic E-state index is 0.889. The third-order valence-electron chi connectivity index (χ3n) is 3.29. The number of rotatable bonds is 1. The molecule has 3 heterocycles. The predicted octanol–water partition coefficient (Wildman–Crippen LogP) is 3.78. The molecule has 0 saturated heterocycles. The normalized spacial score (nSPS) is 11.2. The highest BCUT2D eigenvalue weighted by atomic mass is 14.9. The molecule has 0 aliphatic rings. The summed E-state index contributed by atoms with van der Waals surface area (Å²) in [4.78, 5) is 12.3. The molecule has 0 spiro atoms. The summed E-state index contributed by atoms with van der Waals surface area (Å²) in [6.45, 7) is 0. The zero-order valence-corrected chi connectivity index (χ0v) is 10.2. The number of fused-ring (bicyclic) bond motifs is 3. The average molecular weight is 245 g/mol. The Balaban J connectivity index is 1.99. The van der Waals surface area contributed by atoms with Crippen molar-refractivity contribution in [2.75, 3.05) is 0 Å². The van der Waals surface area contributed by atoms with Crippen LogP contribution in [0.15, 0.2) is 60.8 Å². The van der Waals surface area contributed by atoms with Crippen molar-refractivity contribution in [1.82, 2.24) is 15.0 Å². The molecule has 0 fully saturated rings. The zero-order chi connectivity index (χ0) is 12.7. The smallest absolute Gasteiger partial charge is 0.139 e. The fourth-order valence-electron chi connectivity index (χ4n) is 2.38. The molecule has 0 amide bonds. The highest BCUT2D eigenvalue weighted by Crippen LogP contribution is 2.26. The molecule has 0 unspecified atom stereocenters. The van der Waals surface area contributed by atoms with E-state index >= 15 is 0 Å². The Morgan fingerprint density at radius 1 is 0.737 bits per heavy atom. The van der Waals surface area contributed by atoms with Gasteiger partial charge in [-0.25, -0.2) is 4.98 Å². The van der Waals surface area contributed by atoms with Crippen LogP contribution in [-0.2, 0) is 0 Å². The zero-order valence-electron chi connectivity index (χ0n) is 10.2. The number of nitrogens with zero attached hydrogens (tertiary/aromatic N) is 2. The molecule has 3 nitrogen and oxygen atoms in total. The third kappa shape index (κ3) is 1.59. The molecular formula is C16H11N3. The van der Waals surface area contributed by atoms with Gasteiger partial charge in [-0.15, -0.1) is 0 Å². The van der Waals surface area contributed by atoms with E-state index in [1.807, 2.05) is 36.4 Å². The number of pyridine rings is 2. The maximum absolute atomic E-state index is 4.66. The van der Waals surface area contributed by atoms with Gasteiger partial charge in [0.1, 0.15) is 5.65 Å². The second kappa shape index (κ2) is 3.92. The summed E-state index contributed by atoms with van der Waals surface area (Å²) < 4.78 is 0. The Bertz CT molecular complexity index is 863. The van der Waals surface area contributed by atoms with Crippen LogP contribution >= 0.6 is 0 Å². The number of hydrogen-bond acceptors (Lipinski definition) is 2. The van der Waals surface area contributed by atoms with Gasteiger partial charge >= 0.3 is 0 Å². The molecular weight excluding hydrogens is 234 g/mol. The molecule has 1 aromatic carbocycles. The summed E-state index contributed by atoms with van der Waals surface area (Å²) in [6, 6.07) is 18.2. The first kappa shape index (κ1) is 10.3. The molecule has 4 rings (SSSR count). The van der Waals surface area contributed by atoms with Crippen molar-refractivity contribution in [3.8, 4) is 11.4 Å². The number of hydrogen-bond donors (Lipinski definition) is 1. The van der Waals surface area contributed by atoms with Gasteiger partial charge in [-0.3, -0.25) is 4.98 Å². The predicted molar refractivity (Wildman–Crippen MR) is 76.8 cm³/mol. The van der Waals surface area contributed by atoms with E-state index in [0.717, 1.165) is 27.9 Å².